The van der Waals surface area contributed by atoms with Gasteiger partial charge in [0, 0.05) is 18.2 Å². The molecule has 0 saturated carbocycles. The molecular weight excluding hydrogens is 243 g/mol. The Morgan fingerprint density at radius 3 is 2.76 bits per heavy atom. The van der Waals surface area contributed by atoms with Gasteiger partial charge in [-0.1, -0.05) is 0 Å². The first-order valence-electron chi connectivity index (χ1n) is 5.45. The van der Waals surface area contributed by atoms with E-state index in [0.717, 1.165) is 30.4 Å². The molecule has 1 aromatic rings. The summed E-state index contributed by atoms with van der Waals surface area (Å²) in [5.74, 6) is 1.63. The van der Waals surface area contributed by atoms with Gasteiger partial charge in [-0.25, -0.2) is 4.39 Å². The minimum absolute atomic E-state index is 0.0652. The van der Waals surface area contributed by atoms with E-state index in [1.54, 1.807) is 0 Å². The molecule has 0 spiro atoms. The van der Waals surface area contributed by atoms with Gasteiger partial charge in [0.25, 0.3) is 5.69 Å². The van der Waals surface area contributed by atoms with E-state index < -0.39 is 10.7 Å². The van der Waals surface area contributed by atoms with Crippen LogP contribution in [0.1, 0.15) is 12.8 Å². The summed E-state index contributed by atoms with van der Waals surface area (Å²) in [7, 11) is 0. The lowest BCUT2D eigenvalue weighted by Gasteiger charge is -2.23. The lowest BCUT2D eigenvalue weighted by atomic mass is 10.1. The van der Waals surface area contributed by atoms with Crippen LogP contribution in [0.15, 0.2) is 18.2 Å². The van der Waals surface area contributed by atoms with Crippen molar-refractivity contribution in [2.75, 3.05) is 16.8 Å². The highest BCUT2D eigenvalue weighted by atomic mass is 32.2. The third kappa shape index (κ3) is 3.09. The minimum Gasteiger partial charge on any atom is -0.377 e. The van der Waals surface area contributed by atoms with Crippen LogP contribution in [0.25, 0.3) is 0 Å². The number of nitro benzene ring substituents is 1. The summed E-state index contributed by atoms with van der Waals surface area (Å²) in [6.45, 7) is 0. The van der Waals surface area contributed by atoms with E-state index in [4.69, 9.17) is 0 Å². The third-order valence-corrected chi connectivity index (χ3v) is 3.78. The third-order valence-electron chi connectivity index (χ3n) is 2.74. The van der Waals surface area contributed by atoms with Gasteiger partial charge in [-0.15, -0.1) is 0 Å². The van der Waals surface area contributed by atoms with Crippen molar-refractivity contribution in [2.24, 2.45) is 0 Å². The first-order valence-corrected chi connectivity index (χ1v) is 6.60. The van der Waals surface area contributed by atoms with Gasteiger partial charge in [-0.05, 0) is 30.4 Å². The Labute approximate surface area is 103 Å². The van der Waals surface area contributed by atoms with Gasteiger partial charge in [-0.3, -0.25) is 10.1 Å². The fraction of sp³-hybridized carbons (Fsp3) is 0.455. The van der Waals surface area contributed by atoms with Gasteiger partial charge in [0.1, 0.15) is 11.5 Å². The number of hydrogen-bond donors (Lipinski definition) is 1. The van der Waals surface area contributed by atoms with Crippen LogP contribution in [0.4, 0.5) is 15.8 Å². The predicted octanol–water partition coefficient (Wildman–Crippen LogP) is 3.04. The molecule has 6 heteroatoms. The molecule has 17 heavy (non-hydrogen) atoms. The van der Waals surface area contributed by atoms with Crippen molar-refractivity contribution in [3.63, 3.8) is 0 Å². The topological polar surface area (TPSA) is 55.2 Å². The molecule has 92 valence electrons. The van der Waals surface area contributed by atoms with Crippen LogP contribution in [-0.2, 0) is 0 Å². The fourth-order valence-corrected chi connectivity index (χ4v) is 2.95. The molecule has 2 rings (SSSR count). The zero-order valence-electron chi connectivity index (χ0n) is 9.19. The summed E-state index contributed by atoms with van der Waals surface area (Å²) in [4.78, 5) is 10.3. The molecule has 0 atom stereocenters. The largest absolute Gasteiger partial charge is 0.377 e. The van der Waals surface area contributed by atoms with E-state index in [9.17, 15) is 14.5 Å². The Balaban J connectivity index is 2.17. The number of nitrogens with zero attached hydrogens (tertiary/aromatic N) is 1. The van der Waals surface area contributed by atoms with Crippen molar-refractivity contribution >= 4 is 23.1 Å². The van der Waals surface area contributed by atoms with Gasteiger partial charge in [0.15, 0.2) is 0 Å². The number of nitro groups is 1. The second-order valence-corrected chi connectivity index (χ2v) is 5.17. The molecule has 1 N–H and O–H groups in total. The summed E-state index contributed by atoms with van der Waals surface area (Å²) < 4.78 is 13.1. The molecule has 4 nitrogen and oxygen atoms in total. The highest BCUT2D eigenvalue weighted by Gasteiger charge is 2.19. The molecule has 1 fully saturated rings. The van der Waals surface area contributed by atoms with E-state index in [-0.39, 0.29) is 17.4 Å². The van der Waals surface area contributed by atoms with Gasteiger partial charge in [-0.2, -0.15) is 11.8 Å². The van der Waals surface area contributed by atoms with Crippen LogP contribution < -0.4 is 5.32 Å². The zero-order valence-corrected chi connectivity index (χ0v) is 10.0. The van der Waals surface area contributed by atoms with Crippen molar-refractivity contribution in [2.45, 2.75) is 18.9 Å². The SMILES string of the molecule is O=[N+]([O-])c1ccc(F)cc1NC1CCSCC1. The fourth-order valence-electron chi connectivity index (χ4n) is 1.84. The van der Waals surface area contributed by atoms with Crippen molar-refractivity contribution in [3.8, 4) is 0 Å². The maximum Gasteiger partial charge on any atom is 0.292 e. The van der Waals surface area contributed by atoms with Crippen LogP contribution in [0.2, 0.25) is 0 Å². The number of thioether (sulfide) groups is 1. The molecule has 0 amide bonds. The number of nitrogens with one attached hydrogen (secondary N) is 1. The molecule has 0 unspecified atom stereocenters. The number of anilines is 1. The second kappa shape index (κ2) is 5.35. The van der Waals surface area contributed by atoms with E-state index in [1.807, 2.05) is 11.8 Å². The molecule has 1 aromatic carbocycles. The Morgan fingerprint density at radius 1 is 1.41 bits per heavy atom. The summed E-state index contributed by atoms with van der Waals surface area (Å²) in [5, 5.41) is 13.9. The quantitative estimate of drug-likeness (QED) is 0.667. The molecule has 0 aromatic heterocycles. The molecule has 1 heterocycles. The number of benzene rings is 1. The summed E-state index contributed by atoms with van der Waals surface area (Å²) in [5.41, 5.74) is 0.219. The lowest BCUT2D eigenvalue weighted by molar-refractivity contribution is -0.384. The van der Waals surface area contributed by atoms with E-state index >= 15 is 0 Å². The molecule has 1 saturated heterocycles. The van der Waals surface area contributed by atoms with Crippen molar-refractivity contribution < 1.29 is 9.31 Å². The molecule has 1 aliphatic rings. The summed E-state index contributed by atoms with van der Waals surface area (Å²) in [6, 6.07) is 3.71. The molecular formula is C11H13FN2O2S. The maximum atomic E-state index is 13.1. The average molecular weight is 256 g/mol. The summed E-state index contributed by atoms with van der Waals surface area (Å²) >= 11 is 1.87. The van der Waals surface area contributed by atoms with Gasteiger partial charge >= 0.3 is 0 Å². The standard InChI is InChI=1S/C11H13FN2O2S/c12-8-1-2-11(14(15)16)10(7-8)13-9-3-5-17-6-4-9/h1-2,7,9,13H,3-6H2. The zero-order chi connectivity index (χ0) is 12.3. The Hall–Kier alpha value is -1.30. The Kier molecular flexibility index (Phi) is 3.83. The van der Waals surface area contributed by atoms with E-state index in [2.05, 4.69) is 5.32 Å². The maximum absolute atomic E-state index is 13.1. The average Bonchev–Trinajstić information content (AvgIpc) is 2.30. The van der Waals surface area contributed by atoms with Crippen LogP contribution in [-0.4, -0.2) is 22.5 Å². The van der Waals surface area contributed by atoms with Crippen molar-refractivity contribution in [3.05, 3.63) is 34.1 Å². The molecule has 1 aliphatic heterocycles. The smallest absolute Gasteiger partial charge is 0.292 e. The van der Waals surface area contributed by atoms with Crippen LogP contribution in [0.3, 0.4) is 0 Å². The number of hydrogen-bond acceptors (Lipinski definition) is 4. The van der Waals surface area contributed by atoms with Crippen LogP contribution in [0.5, 0.6) is 0 Å². The van der Waals surface area contributed by atoms with Crippen LogP contribution >= 0.6 is 11.8 Å². The Morgan fingerprint density at radius 2 is 2.12 bits per heavy atom. The highest BCUT2D eigenvalue weighted by Crippen LogP contribution is 2.28. The second-order valence-electron chi connectivity index (χ2n) is 3.95. The van der Waals surface area contributed by atoms with Crippen LogP contribution in [0, 0.1) is 15.9 Å². The van der Waals surface area contributed by atoms with Gasteiger partial charge in [0.2, 0.25) is 0 Å². The number of rotatable bonds is 3. The van der Waals surface area contributed by atoms with Gasteiger partial charge < -0.3 is 5.32 Å². The first-order chi connectivity index (χ1) is 8.16. The molecule has 0 aliphatic carbocycles. The molecule has 0 bridgehead atoms. The van der Waals surface area contributed by atoms with Crippen molar-refractivity contribution in [1.29, 1.82) is 0 Å². The van der Waals surface area contributed by atoms with Crippen molar-refractivity contribution in [1.82, 2.24) is 0 Å². The predicted molar refractivity (Wildman–Crippen MR) is 67.0 cm³/mol. The van der Waals surface area contributed by atoms with E-state index in [0.29, 0.717) is 0 Å². The van der Waals surface area contributed by atoms with Gasteiger partial charge in [0.05, 0.1) is 4.92 Å². The van der Waals surface area contributed by atoms with E-state index in [1.165, 1.54) is 12.1 Å². The Bertz CT molecular complexity index is 422. The monoisotopic (exact) mass is 256 g/mol. The minimum atomic E-state index is -0.487. The normalized spacial score (nSPS) is 16.8. The highest BCUT2D eigenvalue weighted by molar-refractivity contribution is 7.99. The molecule has 0 radical (unpaired) electrons. The summed E-state index contributed by atoms with van der Waals surface area (Å²) in [6.07, 6.45) is 1.91. The number of halogens is 1. The lowest BCUT2D eigenvalue weighted by Crippen LogP contribution is -2.24. The first kappa shape index (κ1) is 12.2.